The van der Waals surface area contributed by atoms with E-state index in [2.05, 4.69) is 23.4 Å². The molecule has 0 unspecified atom stereocenters. The maximum Gasteiger partial charge on any atom is 0.313 e. The van der Waals surface area contributed by atoms with Gasteiger partial charge in [0.1, 0.15) is 0 Å². The predicted molar refractivity (Wildman–Crippen MR) is 85.2 cm³/mol. The molecule has 0 fully saturated rings. The van der Waals surface area contributed by atoms with Gasteiger partial charge in [0, 0.05) is 23.5 Å². The summed E-state index contributed by atoms with van der Waals surface area (Å²) in [6, 6.07) is 7.65. The van der Waals surface area contributed by atoms with Crippen molar-refractivity contribution in [2.45, 2.75) is 31.5 Å². The van der Waals surface area contributed by atoms with Gasteiger partial charge in [-0.3, -0.25) is 4.79 Å². The average molecular weight is 325 g/mol. The molecule has 0 bridgehead atoms. The molecule has 0 aliphatic rings. The van der Waals surface area contributed by atoms with Crippen molar-refractivity contribution in [3.63, 3.8) is 0 Å². The van der Waals surface area contributed by atoms with Crippen LogP contribution in [0.25, 0.3) is 0 Å². The lowest BCUT2D eigenvalue weighted by Crippen LogP contribution is -2.08. The molecule has 6 heteroatoms. The van der Waals surface area contributed by atoms with Crippen molar-refractivity contribution in [1.29, 1.82) is 0 Å². The van der Waals surface area contributed by atoms with Crippen molar-refractivity contribution >= 4 is 29.3 Å². The van der Waals surface area contributed by atoms with E-state index in [4.69, 9.17) is 16.7 Å². The molecule has 0 saturated heterocycles. The molecule has 4 nitrogen and oxygen atoms in total. The minimum atomic E-state index is -0.841. The van der Waals surface area contributed by atoms with Gasteiger partial charge in [-0.15, -0.1) is 0 Å². The smallest absolute Gasteiger partial charge is 0.313 e. The topological polar surface area (TPSA) is 55.1 Å². The monoisotopic (exact) mass is 324 g/mol. The van der Waals surface area contributed by atoms with Crippen molar-refractivity contribution in [2.75, 3.05) is 5.75 Å². The number of aliphatic carboxylic acids is 1. The highest BCUT2D eigenvalue weighted by Crippen LogP contribution is 2.25. The first-order valence-electron chi connectivity index (χ1n) is 6.62. The predicted octanol–water partition coefficient (Wildman–Crippen LogP) is 3.88. The molecule has 21 heavy (non-hydrogen) atoms. The third-order valence-electron chi connectivity index (χ3n) is 3.02. The van der Waals surface area contributed by atoms with Crippen LogP contribution in [0.15, 0.2) is 35.6 Å². The third-order valence-corrected chi connectivity index (χ3v) is 4.25. The van der Waals surface area contributed by atoms with Crippen molar-refractivity contribution in [1.82, 2.24) is 9.55 Å². The second kappa shape index (κ2) is 7.00. The van der Waals surface area contributed by atoms with E-state index >= 15 is 0 Å². The van der Waals surface area contributed by atoms with Gasteiger partial charge in [-0.1, -0.05) is 49.3 Å². The Bertz CT molecular complexity index is 623. The summed E-state index contributed by atoms with van der Waals surface area (Å²) >= 11 is 7.14. The van der Waals surface area contributed by atoms with Crippen LogP contribution in [0.2, 0.25) is 5.02 Å². The molecule has 0 saturated carbocycles. The van der Waals surface area contributed by atoms with Gasteiger partial charge in [-0.05, 0) is 23.6 Å². The summed E-state index contributed by atoms with van der Waals surface area (Å²) in [6.45, 7) is 4.86. The number of carboxylic acids is 1. The first kappa shape index (κ1) is 15.9. The van der Waals surface area contributed by atoms with Gasteiger partial charge >= 0.3 is 5.97 Å². The molecule has 0 spiro atoms. The zero-order valence-corrected chi connectivity index (χ0v) is 13.5. The average Bonchev–Trinajstić information content (AvgIpc) is 2.82. The number of rotatable bonds is 6. The lowest BCUT2D eigenvalue weighted by Gasteiger charge is -2.13. The zero-order valence-electron chi connectivity index (χ0n) is 11.9. The maximum atomic E-state index is 10.7. The summed E-state index contributed by atoms with van der Waals surface area (Å²) < 4.78 is 2.07. The molecular formula is C15H17ClN2O2S. The molecule has 0 aliphatic heterocycles. The Morgan fingerprint density at radius 1 is 1.38 bits per heavy atom. The Hall–Kier alpha value is -1.46. The summed E-state index contributed by atoms with van der Waals surface area (Å²) in [5.41, 5.74) is 2.20. The number of halogens is 1. The minimum Gasteiger partial charge on any atom is -0.481 e. The lowest BCUT2D eigenvalue weighted by atomic mass is 10.1. The molecule has 1 heterocycles. The largest absolute Gasteiger partial charge is 0.481 e. The highest BCUT2D eigenvalue weighted by Gasteiger charge is 2.14. The van der Waals surface area contributed by atoms with Crippen LogP contribution in [0.5, 0.6) is 0 Å². The number of imidazole rings is 1. The molecule has 2 aromatic rings. The number of nitrogens with zero attached hydrogens (tertiary/aromatic N) is 2. The summed E-state index contributed by atoms with van der Waals surface area (Å²) in [4.78, 5) is 15.1. The number of thioether (sulfide) groups is 1. The molecule has 1 N–H and O–H groups in total. The Morgan fingerprint density at radius 3 is 2.62 bits per heavy atom. The van der Waals surface area contributed by atoms with Crippen LogP contribution >= 0.6 is 23.4 Å². The van der Waals surface area contributed by atoms with Crippen LogP contribution in [0.4, 0.5) is 0 Å². The quantitative estimate of drug-likeness (QED) is 0.819. The van der Waals surface area contributed by atoms with Crippen molar-refractivity contribution in [3.8, 4) is 0 Å². The molecule has 1 aromatic heterocycles. The second-order valence-electron chi connectivity index (χ2n) is 5.02. The third kappa shape index (κ3) is 4.25. The minimum absolute atomic E-state index is 0.00909. The van der Waals surface area contributed by atoms with Gasteiger partial charge < -0.3 is 9.67 Å². The molecule has 0 radical (unpaired) electrons. The zero-order chi connectivity index (χ0) is 15.4. The van der Waals surface area contributed by atoms with Gasteiger partial charge in [-0.25, -0.2) is 4.98 Å². The van der Waals surface area contributed by atoms with Crippen LogP contribution in [0, 0.1) is 0 Å². The van der Waals surface area contributed by atoms with Crippen LogP contribution in [0.3, 0.4) is 0 Å². The van der Waals surface area contributed by atoms with E-state index in [-0.39, 0.29) is 5.75 Å². The summed E-state index contributed by atoms with van der Waals surface area (Å²) in [7, 11) is 0. The second-order valence-corrected chi connectivity index (χ2v) is 6.39. The van der Waals surface area contributed by atoms with Crippen molar-refractivity contribution in [3.05, 3.63) is 46.7 Å². The van der Waals surface area contributed by atoms with Crippen LogP contribution in [0.1, 0.15) is 31.0 Å². The molecule has 112 valence electrons. The first-order valence-corrected chi connectivity index (χ1v) is 7.98. The number of aromatic nitrogens is 2. The molecule has 0 amide bonds. The fraction of sp³-hybridized carbons (Fsp3) is 0.333. The number of benzene rings is 1. The Labute approximate surface area is 133 Å². The van der Waals surface area contributed by atoms with E-state index in [0.29, 0.717) is 17.5 Å². The summed E-state index contributed by atoms with van der Waals surface area (Å²) in [6.07, 6.45) is 1.82. The lowest BCUT2D eigenvalue weighted by molar-refractivity contribution is -0.133. The Balaban J connectivity index is 2.27. The van der Waals surface area contributed by atoms with E-state index in [1.54, 1.807) is 0 Å². The SMILES string of the molecule is CC(C)c1cnc(SCC(=O)O)n1Cc1ccc(Cl)cc1. The fourth-order valence-corrected chi connectivity index (χ4v) is 2.84. The van der Waals surface area contributed by atoms with E-state index in [0.717, 1.165) is 16.4 Å². The van der Waals surface area contributed by atoms with Crippen LogP contribution < -0.4 is 0 Å². The standard InChI is InChI=1S/C15H17ClN2O2S/c1-10(2)13-7-17-15(21-9-14(19)20)18(13)8-11-3-5-12(16)6-4-11/h3-7,10H,8-9H2,1-2H3,(H,19,20). The van der Waals surface area contributed by atoms with Gasteiger partial charge in [-0.2, -0.15) is 0 Å². The maximum absolute atomic E-state index is 10.7. The highest BCUT2D eigenvalue weighted by molar-refractivity contribution is 7.99. The number of hydrogen-bond acceptors (Lipinski definition) is 3. The van der Waals surface area contributed by atoms with E-state index < -0.39 is 5.97 Å². The highest BCUT2D eigenvalue weighted by atomic mass is 35.5. The molecular weight excluding hydrogens is 308 g/mol. The van der Waals surface area contributed by atoms with Crippen molar-refractivity contribution < 1.29 is 9.90 Å². The van der Waals surface area contributed by atoms with Crippen LogP contribution in [-0.4, -0.2) is 26.4 Å². The van der Waals surface area contributed by atoms with E-state index in [9.17, 15) is 4.79 Å². The normalized spacial score (nSPS) is 11.0. The van der Waals surface area contributed by atoms with Gasteiger partial charge in [0.2, 0.25) is 0 Å². The number of carbonyl (C=O) groups is 1. The molecule has 1 aromatic carbocycles. The fourth-order valence-electron chi connectivity index (χ4n) is 2.00. The summed E-state index contributed by atoms with van der Waals surface area (Å²) in [5.74, 6) is -0.508. The number of carboxylic acid groups (broad SMARTS) is 1. The summed E-state index contributed by atoms with van der Waals surface area (Å²) in [5, 5.41) is 10.3. The first-order chi connectivity index (χ1) is 9.97. The van der Waals surface area contributed by atoms with E-state index in [1.165, 1.54) is 11.8 Å². The molecule has 2 rings (SSSR count). The number of hydrogen-bond donors (Lipinski definition) is 1. The molecule has 0 aliphatic carbocycles. The van der Waals surface area contributed by atoms with E-state index in [1.807, 2.05) is 30.5 Å². The van der Waals surface area contributed by atoms with Gasteiger partial charge in [0.15, 0.2) is 5.16 Å². The van der Waals surface area contributed by atoms with Gasteiger partial charge in [0.05, 0.1) is 5.75 Å². The van der Waals surface area contributed by atoms with Gasteiger partial charge in [0.25, 0.3) is 0 Å². The molecule has 0 atom stereocenters. The Kier molecular flexibility index (Phi) is 5.31. The van der Waals surface area contributed by atoms with Crippen molar-refractivity contribution in [2.24, 2.45) is 0 Å². The Morgan fingerprint density at radius 2 is 2.05 bits per heavy atom. The van der Waals surface area contributed by atoms with Crippen LogP contribution in [-0.2, 0) is 11.3 Å².